The number of rotatable bonds is 0. The summed E-state index contributed by atoms with van der Waals surface area (Å²) in [6.45, 7) is 0.917. The van der Waals surface area contributed by atoms with Gasteiger partial charge >= 0.3 is 0 Å². The lowest BCUT2D eigenvalue weighted by Gasteiger charge is -2.30. The first-order chi connectivity index (χ1) is 8.93. The molecule has 0 amide bonds. The maximum absolute atomic E-state index is 4.29. The van der Waals surface area contributed by atoms with Crippen LogP contribution in [0, 0.1) is 0 Å². The number of fused-ring (bicyclic) bond motifs is 2. The SMILES string of the molecule is C1=CN2Cc3ccccc3-c3cccc(c32)C=N1. The second-order valence-corrected chi connectivity index (χ2v) is 4.60. The Labute approximate surface area is 106 Å². The zero-order chi connectivity index (χ0) is 11.9. The Kier molecular flexibility index (Phi) is 1.92. The Morgan fingerprint density at radius 1 is 0.944 bits per heavy atom. The van der Waals surface area contributed by atoms with E-state index >= 15 is 0 Å². The van der Waals surface area contributed by atoms with E-state index in [0.29, 0.717) is 0 Å². The second kappa shape index (κ2) is 3.57. The minimum atomic E-state index is 0.917. The molecule has 0 atom stereocenters. The van der Waals surface area contributed by atoms with Crippen LogP contribution in [0.3, 0.4) is 0 Å². The van der Waals surface area contributed by atoms with Crippen LogP contribution in [0.2, 0.25) is 0 Å². The third kappa shape index (κ3) is 1.26. The summed E-state index contributed by atoms with van der Waals surface area (Å²) in [6, 6.07) is 15.0. The normalized spacial score (nSPS) is 15.0. The summed E-state index contributed by atoms with van der Waals surface area (Å²) in [5.41, 5.74) is 6.47. The van der Waals surface area contributed by atoms with E-state index in [1.807, 2.05) is 12.4 Å². The van der Waals surface area contributed by atoms with Crippen LogP contribution in [0.5, 0.6) is 0 Å². The van der Waals surface area contributed by atoms with Gasteiger partial charge in [-0.05, 0) is 11.1 Å². The molecule has 0 bridgehead atoms. The van der Waals surface area contributed by atoms with Gasteiger partial charge in [0.1, 0.15) is 0 Å². The maximum Gasteiger partial charge on any atom is 0.0578 e. The van der Waals surface area contributed by atoms with E-state index < -0.39 is 0 Å². The van der Waals surface area contributed by atoms with Crippen LogP contribution in [0.15, 0.2) is 59.9 Å². The van der Waals surface area contributed by atoms with Gasteiger partial charge in [-0.25, -0.2) is 0 Å². The van der Waals surface area contributed by atoms with Crippen LogP contribution in [-0.4, -0.2) is 6.21 Å². The lowest BCUT2D eigenvalue weighted by Crippen LogP contribution is -2.21. The zero-order valence-electron chi connectivity index (χ0n) is 9.88. The highest BCUT2D eigenvalue weighted by molar-refractivity contribution is 5.98. The van der Waals surface area contributed by atoms with Gasteiger partial charge in [0.15, 0.2) is 0 Å². The molecule has 0 saturated heterocycles. The van der Waals surface area contributed by atoms with Crippen molar-refractivity contribution in [3.05, 3.63) is 66.0 Å². The van der Waals surface area contributed by atoms with Crippen LogP contribution in [-0.2, 0) is 6.54 Å². The average Bonchev–Trinajstić information content (AvgIpc) is 2.63. The van der Waals surface area contributed by atoms with Crippen molar-refractivity contribution in [3.63, 3.8) is 0 Å². The fourth-order valence-corrected chi connectivity index (χ4v) is 2.76. The molecule has 4 rings (SSSR count). The van der Waals surface area contributed by atoms with Crippen molar-refractivity contribution in [2.75, 3.05) is 4.90 Å². The molecule has 2 aliphatic rings. The summed E-state index contributed by atoms with van der Waals surface area (Å²) in [7, 11) is 0. The highest BCUT2D eigenvalue weighted by Gasteiger charge is 2.22. The van der Waals surface area contributed by atoms with Crippen LogP contribution in [0.1, 0.15) is 11.1 Å². The molecule has 2 heteroatoms. The number of hydrogen-bond donors (Lipinski definition) is 0. The summed E-state index contributed by atoms with van der Waals surface area (Å²) >= 11 is 0. The summed E-state index contributed by atoms with van der Waals surface area (Å²) in [4.78, 5) is 6.57. The summed E-state index contributed by atoms with van der Waals surface area (Å²) in [6.07, 6.45) is 5.85. The predicted molar refractivity (Wildman–Crippen MR) is 74.8 cm³/mol. The highest BCUT2D eigenvalue weighted by atomic mass is 15.1. The Bertz CT molecular complexity index is 683. The smallest absolute Gasteiger partial charge is 0.0578 e. The molecule has 2 aromatic carbocycles. The highest BCUT2D eigenvalue weighted by Crippen LogP contribution is 2.41. The zero-order valence-corrected chi connectivity index (χ0v) is 9.88. The van der Waals surface area contributed by atoms with E-state index in [2.05, 4.69) is 58.6 Å². The molecular weight excluding hydrogens is 220 g/mol. The molecule has 86 valence electrons. The molecule has 2 heterocycles. The third-order valence-electron chi connectivity index (χ3n) is 3.55. The predicted octanol–water partition coefficient (Wildman–Crippen LogP) is 3.58. The molecule has 0 unspecified atom stereocenters. The van der Waals surface area contributed by atoms with Crippen LogP contribution in [0.25, 0.3) is 11.1 Å². The van der Waals surface area contributed by atoms with Crippen LogP contribution >= 0.6 is 0 Å². The van der Waals surface area contributed by atoms with Gasteiger partial charge in [0.2, 0.25) is 0 Å². The third-order valence-corrected chi connectivity index (χ3v) is 3.55. The maximum atomic E-state index is 4.29. The molecule has 2 aromatic rings. The van der Waals surface area contributed by atoms with Gasteiger partial charge in [0.25, 0.3) is 0 Å². The molecular formula is C16H12N2. The van der Waals surface area contributed by atoms with E-state index in [1.54, 1.807) is 0 Å². The van der Waals surface area contributed by atoms with Gasteiger partial charge in [-0.15, -0.1) is 0 Å². The van der Waals surface area contributed by atoms with E-state index in [9.17, 15) is 0 Å². The molecule has 2 aliphatic heterocycles. The van der Waals surface area contributed by atoms with Crippen molar-refractivity contribution >= 4 is 11.9 Å². The van der Waals surface area contributed by atoms with Gasteiger partial charge < -0.3 is 4.90 Å². The average molecular weight is 232 g/mol. The first-order valence-corrected chi connectivity index (χ1v) is 6.11. The first kappa shape index (κ1) is 9.66. The Morgan fingerprint density at radius 3 is 2.83 bits per heavy atom. The second-order valence-electron chi connectivity index (χ2n) is 4.60. The van der Waals surface area contributed by atoms with Gasteiger partial charge in [-0.3, -0.25) is 4.99 Å². The molecule has 0 N–H and O–H groups in total. The topological polar surface area (TPSA) is 15.6 Å². The minimum Gasteiger partial charge on any atom is -0.341 e. The van der Waals surface area contributed by atoms with E-state index in [-0.39, 0.29) is 0 Å². The molecule has 0 fully saturated rings. The lowest BCUT2D eigenvalue weighted by atomic mass is 9.91. The summed E-state index contributed by atoms with van der Waals surface area (Å²) in [5, 5.41) is 0. The van der Waals surface area contributed by atoms with E-state index in [1.165, 1.54) is 27.9 Å². The number of hydrogen-bond acceptors (Lipinski definition) is 2. The van der Waals surface area contributed by atoms with E-state index in [4.69, 9.17) is 0 Å². The number of aliphatic imine (C=N–C) groups is 1. The van der Waals surface area contributed by atoms with Gasteiger partial charge in [0.05, 0.1) is 5.69 Å². The Balaban J connectivity index is 2.08. The summed E-state index contributed by atoms with van der Waals surface area (Å²) in [5.74, 6) is 0. The van der Waals surface area contributed by atoms with Crippen LogP contribution < -0.4 is 4.90 Å². The molecule has 0 aliphatic carbocycles. The van der Waals surface area contributed by atoms with Crippen molar-refractivity contribution in [3.8, 4) is 11.1 Å². The van der Waals surface area contributed by atoms with Crippen molar-refractivity contribution < 1.29 is 0 Å². The minimum absolute atomic E-state index is 0.917. The largest absolute Gasteiger partial charge is 0.341 e. The number of anilines is 1. The Hall–Kier alpha value is -2.35. The first-order valence-electron chi connectivity index (χ1n) is 6.11. The molecule has 0 saturated carbocycles. The molecule has 0 spiro atoms. The fourth-order valence-electron chi connectivity index (χ4n) is 2.76. The fraction of sp³-hybridized carbons (Fsp3) is 0.0625. The molecule has 18 heavy (non-hydrogen) atoms. The molecule has 0 aromatic heterocycles. The standard InChI is InChI=1S/C16H12N2/c1-2-6-14-13(4-1)11-18-9-8-17-10-12-5-3-7-15(14)16(12)18/h1-10H,11H2. The van der Waals surface area contributed by atoms with Crippen molar-refractivity contribution in [2.45, 2.75) is 6.54 Å². The van der Waals surface area contributed by atoms with Crippen molar-refractivity contribution in [1.29, 1.82) is 0 Å². The molecule has 2 nitrogen and oxygen atoms in total. The number of benzene rings is 2. The molecule has 0 radical (unpaired) electrons. The van der Waals surface area contributed by atoms with Crippen LogP contribution in [0.4, 0.5) is 5.69 Å². The monoisotopic (exact) mass is 232 g/mol. The van der Waals surface area contributed by atoms with Gasteiger partial charge in [0, 0.05) is 36.3 Å². The van der Waals surface area contributed by atoms with E-state index in [0.717, 1.165) is 6.54 Å². The lowest BCUT2D eigenvalue weighted by molar-refractivity contribution is 0.952. The number of nitrogens with zero attached hydrogens (tertiary/aromatic N) is 2. The quantitative estimate of drug-likeness (QED) is 0.678. The Morgan fingerprint density at radius 2 is 1.83 bits per heavy atom. The summed E-state index contributed by atoms with van der Waals surface area (Å²) < 4.78 is 0. The van der Waals surface area contributed by atoms with Crippen molar-refractivity contribution in [1.82, 2.24) is 0 Å². The van der Waals surface area contributed by atoms with Crippen molar-refractivity contribution in [2.24, 2.45) is 4.99 Å². The number of para-hydroxylation sites is 1. The van der Waals surface area contributed by atoms with Gasteiger partial charge in [-0.2, -0.15) is 0 Å². The van der Waals surface area contributed by atoms with Gasteiger partial charge in [-0.1, -0.05) is 42.5 Å².